The van der Waals surface area contributed by atoms with Crippen LogP contribution in [0.4, 0.5) is 0 Å². The number of benzene rings is 1. The van der Waals surface area contributed by atoms with E-state index in [2.05, 4.69) is 0 Å². The van der Waals surface area contributed by atoms with E-state index >= 15 is 0 Å². The highest BCUT2D eigenvalue weighted by atomic mass is 32.2. The van der Waals surface area contributed by atoms with Gasteiger partial charge in [0, 0.05) is 0 Å². The molecule has 0 radical (unpaired) electrons. The summed E-state index contributed by atoms with van der Waals surface area (Å²) in [5.74, 6) is -0.0419. The summed E-state index contributed by atoms with van der Waals surface area (Å²) < 4.78 is 23.8. The van der Waals surface area contributed by atoms with Gasteiger partial charge in [0.05, 0.1) is 9.80 Å². The lowest BCUT2D eigenvalue weighted by atomic mass is 10.2. The van der Waals surface area contributed by atoms with Crippen molar-refractivity contribution >= 4 is 15.9 Å². The molecule has 1 aliphatic rings. The van der Waals surface area contributed by atoms with Crippen molar-refractivity contribution in [1.82, 2.24) is 0 Å². The first-order valence-corrected chi connectivity index (χ1v) is 6.03. The Kier molecular flexibility index (Phi) is 2.28. The summed E-state index contributed by atoms with van der Waals surface area (Å²) in [4.78, 5) is 0.497. The number of aromatic hydroxyl groups is 1. The summed E-state index contributed by atoms with van der Waals surface area (Å²) >= 11 is 0. The zero-order valence-corrected chi connectivity index (χ0v) is 8.79. The van der Waals surface area contributed by atoms with Crippen molar-refractivity contribution in [2.24, 2.45) is 5.73 Å². The molecule has 0 bridgehead atoms. The maximum absolute atomic E-state index is 11.9. The number of hydrogen-bond donors (Lipinski definition) is 2. The molecule has 0 fully saturated rings. The van der Waals surface area contributed by atoms with Gasteiger partial charge in [-0.25, -0.2) is 8.42 Å². The average Bonchev–Trinajstić information content (AvgIpc) is 2.41. The van der Waals surface area contributed by atoms with Gasteiger partial charge in [-0.15, -0.1) is 0 Å². The van der Waals surface area contributed by atoms with Gasteiger partial charge in [-0.3, -0.25) is 0 Å². The predicted octanol–water partition coefficient (Wildman–Crippen LogP) is 0.869. The standard InChI is InChI=1S/C10H11NO3S/c11-4-3-9-5-7-1-2-8(12)6-10(7)15(9,13)14/h1-2,5-6,12H,3-4,11H2. The predicted molar refractivity (Wildman–Crippen MR) is 56.9 cm³/mol. The van der Waals surface area contributed by atoms with Crippen LogP contribution in [0.1, 0.15) is 12.0 Å². The van der Waals surface area contributed by atoms with Gasteiger partial charge < -0.3 is 10.8 Å². The van der Waals surface area contributed by atoms with Crippen molar-refractivity contribution in [2.75, 3.05) is 6.54 Å². The first-order chi connectivity index (χ1) is 7.05. The SMILES string of the molecule is NCCC1=Cc2ccc(O)cc2S1(=O)=O. The van der Waals surface area contributed by atoms with E-state index in [1.165, 1.54) is 12.1 Å². The first-order valence-electron chi connectivity index (χ1n) is 4.54. The number of rotatable bonds is 2. The lowest BCUT2D eigenvalue weighted by Crippen LogP contribution is -2.06. The molecule has 0 aromatic heterocycles. The molecule has 4 nitrogen and oxygen atoms in total. The van der Waals surface area contributed by atoms with Gasteiger partial charge in [-0.05, 0) is 42.8 Å². The number of fused-ring (bicyclic) bond motifs is 1. The Morgan fingerprint density at radius 2 is 2.07 bits per heavy atom. The largest absolute Gasteiger partial charge is 0.508 e. The topological polar surface area (TPSA) is 80.4 Å². The molecule has 0 spiro atoms. The second-order valence-electron chi connectivity index (χ2n) is 3.37. The van der Waals surface area contributed by atoms with Crippen LogP contribution in [0.2, 0.25) is 0 Å². The van der Waals surface area contributed by atoms with Gasteiger partial charge in [0.1, 0.15) is 5.75 Å². The second kappa shape index (κ2) is 3.36. The highest BCUT2D eigenvalue weighted by Gasteiger charge is 2.28. The summed E-state index contributed by atoms with van der Waals surface area (Å²) in [5.41, 5.74) is 5.96. The quantitative estimate of drug-likeness (QED) is 0.782. The number of hydrogen-bond acceptors (Lipinski definition) is 4. The van der Waals surface area contributed by atoms with Gasteiger partial charge in [0.2, 0.25) is 9.84 Å². The summed E-state index contributed by atoms with van der Waals surface area (Å²) in [6, 6.07) is 4.33. The zero-order chi connectivity index (χ0) is 11.1. The minimum Gasteiger partial charge on any atom is -0.508 e. The molecule has 0 unspecified atom stereocenters. The Balaban J connectivity index is 2.58. The molecule has 0 atom stereocenters. The van der Waals surface area contributed by atoms with Crippen LogP contribution in [0.15, 0.2) is 28.0 Å². The van der Waals surface area contributed by atoms with Crippen LogP contribution < -0.4 is 5.73 Å². The van der Waals surface area contributed by atoms with Crippen molar-refractivity contribution in [2.45, 2.75) is 11.3 Å². The number of nitrogens with two attached hydrogens (primary N) is 1. The third-order valence-electron chi connectivity index (χ3n) is 2.34. The van der Waals surface area contributed by atoms with Gasteiger partial charge in [-0.1, -0.05) is 0 Å². The highest BCUT2D eigenvalue weighted by Crippen LogP contribution is 2.35. The van der Waals surface area contributed by atoms with Crippen LogP contribution in [0.5, 0.6) is 5.75 Å². The zero-order valence-electron chi connectivity index (χ0n) is 7.97. The van der Waals surface area contributed by atoms with Gasteiger partial charge in [0.25, 0.3) is 0 Å². The van der Waals surface area contributed by atoms with Gasteiger partial charge in [-0.2, -0.15) is 0 Å². The lowest BCUT2D eigenvalue weighted by molar-refractivity contribution is 0.473. The molecule has 2 rings (SSSR count). The number of sulfone groups is 1. The van der Waals surface area contributed by atoms with E-state index in [-0.39, 0.29) is 10.6 Å². The van der Waals surface area contributed by atoms with Crippen LogP contribution >= 0.6 is 0 Å². The molecule has 0 saturated carbocycles. The van der Waals surface area contributed by atoms with E-state index in [0.29, 0.717) is 23.4 Å². The minimum atomic E-state index is -3.41. The molecular formula is C10H11NO3S. The Bertz CT molecular complexity index is 532. The van der Waals surface area contributed by atoms with E-state index < -0.39 is 9.84 Å². The van der Waals surface area contributed by atoms with E-state index in [4.69, 9.17) is 5.73 Å². The van der Waals surface area contributed by atoms with E-state index in [9.17, 15) is 13.5 Å². The van der Waals surface area contributed by atoms with Gasteiger partial charge in [0.15, 0.2) is 0 Å². The Morgan fingerprint density at radius 3 is 2.73 bits per heavy atom. The maximum atomic E-state index is 11.9. The smallest absolute Gasteiger partial charge is 0.203 e. The lowest BCUT2D eigenvalue weighted by Gasteiger charge is -2.02. The van der Waals surface area contributed by atoms with Crippen molar-refractivity contribution < 1.29 is 13.5 Å². The molecule has 80 valence electrons. The number of phenols is 1. The van der Waals surface area contributed by atoms with E-state index in [0.717, 1.165) is 0 Å². The number of phenolic OH excluding ortho intramolecular Hbond substituents is 1. The average molecular weight is 225 g/mol. The molecule has 15 heavy (non-hydrogen) atoms. The molecular weight excluding hydrogens is 214 g/mol. The summed E-state index contributed by atoms with van der Waals surface area (Å²) in [7, 11) is -3.41. The summed E-state index contributed by atoms with van der Waals surface area (Å²) in [6.45, 7) is 0.297. The minimum absolute atomic E-state index is 0.0419. The Hall–Kier alpha value is -1.33. The fourth-order valence-corrected chi connectivity index (χ4v) is 3.28. The Morgan fingerprint density at radius 1 is 1.33 bits per heavy atom. The molecule has 1 aliphatic heterocycles. The summed E-state index contributed by atoms with van der Waals surface area (Å²) in [5, 5.41) is 9.23. The van der Waals surface area contributed by atoms with Gasteiger partial charge >= 0.3 is 0 Å². The third-order valence-corrected chi connectivity index (χ3v) is 4.28. The molecule has 0 amide bonds. The van der Waals surface area contributed by atoms with E-state index in [1.807, 2.05) is 0 Å². The van der Waals surface area contributed by atoms with Crippen molar-refractivity contribution in [1.29, 1.82) is 0 Å². The van der Waals surface area contributed by atoms with E-state index in [1.54, 1.807) is 12.1 Å². The van der Waals surface area contributed by atoms with Crippen molar-refractivity contribution in [3.8, 4) is 5.75 Å². The van der Waals surface area contributed by atoms with Crippen molar-refractivity contribution in [3.63, 3.8) is 0 Å². The monoisotopic (exact) mass is 225 g/mol. The normalized spacial score (nSPS) is 17.3. The molecule has 3 N–H and O–H groups in total. The second-order valence-corrected chi connectivity index (χ2v) is 5.35. The first kappa shape index (κ1) is 10.2. The van der Waals surface area contributed by atoms with Crippen LogP contribution in [-0.2, 0) is 9.84 Å². The molecule has 1 aromatic rings. The van der Waals surface area contributed by atoms with Crippen LogP contribution in [-0.4, -0.2) is 20.1 Å². The third kappa shape index (κ3) is 1.53. The fourth-order valence-electron chi connectivity index (χ4n) is 1.62. The van der Waals surface area contributed by atoms with Crippen LogP contribution in [0, 0.1) is 0 Å². The maximum Gasteiger partial charge on any atom is 0.203 e. The summed E-state index contributed by atoms with van der Waals surface area (Å²) in [6.07, 6.45) is 1.94. The molecule has 1 aromatic carbocycles. The molecule has 1 heterocycles. The molecule has 0 aliphatic carbocycles. The Labute approximate surface area is 88.0 Å². The molecule has 0 saturated heterocycles. The van der Waals surface area contributed by atoms with Crippen LogP contribution in [0.25, 0.3) is 6.08 Å². The van der Waals surface area contributed by atoms with Crippen LogP contribution in [0.3, 0.4) is 0 Å². The molecule has 5 heteroatoms. The fraction of sp³-hybridized carbons (Fsp3) is 0.200. The highest BCUT2D eigenvalue weighted by molar-refractivity contribution is 7.95. The van der Waals surface area contributed by atoms with Crippen molar-refractivity contribution in [3.05, 3.63) is 28.7 Å².